The van der Waals surface area contributed by atoms with Crippen LogP contribution in [0.15, 0.2) is 24.3 Å². The minimum atomic E-state index is 0.171. The van der Waals surface area contributed by atoms with Crippen molar-refractivity contribution in [3.8, 4) is 17.2 Å². The average Bonchev–Trinajstić information content (AvgIpc) is 3.55. The second-order valence-electron chi connectivity index (χ2n) is 7.56. The van der Waals surface area contributed by atoms with E-state index in [1.165, 1.54) is 0 Å². The summed E-state index contributed by atoms with van der Waals surface area (Å²) in [5.41, 5.74) is 1.06. The van der Waals surface area contributed by atoms with Crippen molar-refractivity contribution >= 4 is 10.8 Å². The summed E-state index contributed by atoms with van der Waals surface area (Å²) in [6.07, 6.45) is 2.38. The lowest BCUT2D eigenvalue weighted by Crippen LogP contribution is -2.13. The van der Waals surface area contributed by atoms with Crippen LogP contribution in [0.25, 0.3) is 10.8 Å². The van der Waals surface area contributed by atoms with Crippen LogP contribution in [0.2, 0.25) is 0 Å². The number of rotatable bonds is 11. The van der Waals surface area contributed by atoms with Gasteiger partial charge in [-0.25, -0.2) is 0 Å². The van der Waals surface area contributed by atoms with Gasteiger partial charge in [0.2, 0.25) is 0 Å². The molecule has 3 aliphatic heterocycles. The molecule has 3 unspecified atom stereocenters. The Labute approximate surface area is 164 Å². The molecule has 150 valence electrons. The molecule has 0 aliphatic carbocycles. The Hall–Kier alpha value is -2.02. The highest BCUT2D eigenvalue weighted by Crippen LogP contribution is 2.47. The van der Waals surface area contributed by atoms with Crippen molar-refractivity contribution in [1.29, 1.82) is 0 Å². The van der Waals surface area contributed by atoms with Gasteiger partial charge in [0.15, 0.2) is 11.5 Å². The number of ether oxygens (including phenoxy) is 6. The number of hydrogen-bond donors (Lipinski definition) is 0. The molecule has 3 aliphatic rings. The van der Waals surface area contributed by atoms with Crippen LogP contribution in [0, 0.1) is 0 Å². The third-order valence-corrected chi connectivity index (χ3v) is 5.12. The maximum atomic E-state index is 6.27. The lowest BCUT2D eigenvalue weighted by molar-refractivity contribution is 0.225. The molecule has 2 aromatic rings. The molecule has 3 atom stereocenters. The fourth-order valence-electron chi connectivity index (χ4n) is 3.36. The van der Waals surface area contributed by atoms with Gasteiger partial charge in [-0.15, -0.1) is 0 Å². The van der Waals surface area contributed by atoms with Crippen LogP contribution in [0.3, 0.4) is 0 Å². The van der Waals surface area contributed by atoms with E-state index in [0.717, 1.165) is 66.2 Å². The van der Waals surface area contributed by atoms with Crippen molar-refractivity contribution in [3.63, 3.8) is 0 Å². The second kappa shape index (κ2) is 7.78. The summed E-state index contributed by atoms with van der Waals surface area (Å²) in [5.74, 6) is 2.45. The molecule has 28 heavy (non-hydrogen) atoms. The molecule has 3 heterocycles. The third kappa shape index (κ3) is 4.04. The van der Waals surface area contributed by atoms with E-state index in [0.29, 0.717) is 19.8 Å². The van der Waals surface area contributed by atoms with Crippen LogP contribution in [0.4, 0.5) is 0 Å². The lowest BCUT2D eigenvalue weighted by atomic mass is 9.99. The molecule has 0 N–H and O–H groups in total. The van der Waals surface area contributed by atoms with E-state index in [-0.39, 0.29) is 18.3 Å². The largest absolute Gasteiger partial charge is 0.490 e. The summed E-state index contributed by atoms with van der Waals surface area (Å²) in [5, 5.41) is 2.05. The van der Waals surface area contributed by atoms with Crippen LogP contribution in [0.5, 0.6) is 17.2 Å². The molecular weight excluding hydrogens is 360 g/mol. The fraction of sp³-hybridized carbons (Fsp3) is 0.545. The lowest BCUT2D eigenvalue weighted by Gasteiger charge is -2.22. The molecule has 3 saturated heterocycles. The first-order chi connectivity index (χ1) is 13.8. The van der Waals surface area contributed by atoms with Crippen LogP contribution < -0.4 is 14.2 Å². The molecule has 0 spiro atoms. The smallest absolute Gasteiger partial charge is 0.169 e. The maximum absolute atomic E-state index is 6.27. The first-order valence-electron chi connectivity index (χ1n) is 10.1. The van der Waals surface area contributed by atoms with Gasteiger partial charge in [-0.2, -0.15) is 0 Å². The van der Waals surface area contributed by atoms with E-state index >= 15 is 0 Å². The van der Waals surface area contributed by atoms with E-state index in [4.69, 9.17) is 28.4 Å². The highest BCUT2D eigenvalue weighted by Gasteiger charge is 2.30. The minimum Gasteiger partial charge on any atom is -0.490 e. The molecule has 5 rings (SSSR count). The molecule has 6 nitrogen and oxygen atoms in total. The molecule has 2 aromatic carbocycles. The van der Waals surface area contributed by atoms with Crippen molar-refractivity contribution in [3.05, 3.63) is 29.8 Å². The Morgan fingerprint density at radius 3 is 1.71 bits per heavy atom. The molecule has 0 radical (unpaired) electrons. The topological polar surface area (TPSA) is 65.3 Å². The van der Waals surface area contributed by atoms with Gasteiger partial charge in [0.25, 0.3) is 0 Å². The van der Waals surface area contributed by atoms with Gasteiger partial charge in [0.1, 0.15) is 43.9 Å². The SMILES string of the molecule is CCCc1c(OCC2CO2)c(OCC2CO2)c2ccccc2c1OCC1CO1. The Morgan fingerprint density at radius 1 is 0.750 bits per heavy atom. The van der Waals surface area contributed by atoms with Gasteiger partial charge in [0, 0.05) is 16.3 Å². The standard InChI is InChI=1S/C22H26O6/c1-2-5-19-20(26-11-14-8-23-14)17-6-3-4-7-18(17)21(27-12-15-9-24-15)22(19)28-13-16-10-25-16/h3-4,6-7,14-16H,2,5,8-13H2,1H3. The average molecular weight is 386 g/mol. The van der Waals surface area contributed by atoms with Crippen molar-refractivity contribution in [1.82, 2.24) is 0 Å². The normalized spacial score (nSPS) is 24.8. The molecule has 0 saturated carbocycles. The number of fused-ring (bicyclic) bond motifs is 1. The highest BCUT2D eigenvalue weighted by molar-refractivity contribution is 5.97. The van der Waals surface area contributed by atoms with E-state index in [9.17, 15) is 0 Å². The van der Waals surface area contributed by atoms with Crippen LogP contribution in [0.1, 0.15) is 18.9 Å². The first-order valence-corrected chi connectivity index (χ1v) is 10.1. The van der Waals surface area contributed by atoms with Crippen molar-refractivity contribution < 1.29 is 28.4 Å². The van der Waals surface area contributed by atoms with E-state index in [2.05, 4.69) is 19.1 Å². The second-order valence-corrected chi connectivity index (χ2v) is 7.56. The number of benzene rings is 2. The van der Waals surface area contributed by atoms with Crippen molar-refractivity contribution in [2.75, 3.05) is 39.6 Å². The van der Waals surface area contributed by atoms with Crippen molar-refractivity contribution in [2.24, 2.45) is 0 Å². The van der Waals surface area contributed by atoms with Gasteiger partial charge in [-0.1, -0.05) is 37.6 Å². The van der Waals surface area contributed by atoms with E-state index in [1.54, 1.807) is 0 Å². The summed E-state index contributed by atoms with van der Waals surface area (Å²) in [7, 11) is 0. The fourth-order valence-corrected chi connectivity index (χ4v) is 3.36. The van der Waals surface area contributed by atoms with Crippen LogP contribution in [-0.4, -0.2) is 58.0 Å². The van der Waals surface area contributed by atoms with Crippen LogP contribution >= 0.6 is 0 Å². The predicted octanol–water partition coefficient (Wildman–Crippen LogP) is 3.13. The van der Waals surface area contributed by atoms with Gasteiger partial charge < -0.3 is 28.4 Å². The summed E-state index contributed by atoms with van der Waals surface area (Å²) < 4.78 is 34.8. The minimum absolute atomic E-state index is 0.171. The quantitative estimate of drug-likeness (QED) is 0.553. The zero-order chi connectivity index (χ0) is 18.9. The monoisotopic (exact) mass is 386 g/mol. The molecule has 3 fully saturated rings. The molecule has 0 amide bonds. The first kappa shape index (κ1) is 18.0. The molecular formula is C22H26O6. The summed E-state index contributed by atoms with van der Waals surface area (Å²) >= 11 is 0. The van der Waals surface area contributed by atoms with Crippen LogP contribution in [-0.2, 0) is 20.6 Å². The van der Waals surface area contributed by atoms with E-state index < -0.39 is 0 Å². The van der Waals surface area contributed by atoms with Gasteiger partial charge in [-0.05, 0) is 6.42 Å². The van der Waals surface area contributed by atoms with E-state index in [1.807, 2.05) is 12.1 Å². The predicted molar refractivity (Wildman–Crippen MR) is 104 cm³/mol. The molecule has 0 aromatic heterocycles. The molecule has 0 bridgehead atoms. The third-order valence-electron chi connectivity index (χ3n) is 5.12. The zero-order valence-corrected chi connectivity index (χ0v) is 16.1. The maximum Gasteiger partial charge on any atom is 0.169 e. The number of hydrogen-bond acceptors (Lipinski definition) is 6. The Bertz CT molecular complexity index is 839. The summed E-state index contributed by atoms with van der Waals surface area (Å²) in [6.45, 7) is 6.06. The van der Waals surface area contributed by atoms with Gasteiger partial charge >= 0.3 is 0 Å². The Balaban J connectivity index is 1.59. The summed E-state index contributed by atoms with van der Waals surface area (Å²) in [4.78, 5) is 0. The van der Waals surface area contributed by atoms with Crippen molar-refractivity contribution in [2.45, 2.75) is 38.1 Å². The molecule has 6 heteroatoms. The number of epoxide rings is 3. The van der Waals surface area contributed by atoms with Gasteiger partial charge in [-0.3, -0.25) is 0 Å². The summed E-state index contributed by atoms with van der Waals surface area (Å²) in [6, 6.07) is 8.20. The Morgan fingerprint density at radius 2 is 1.21 bits per heavy atom. The zero-order valence-electron chi connectivity index (χ0n) is 16.1. The Kier molecular flexibility index (Phi) is 5.01. The highest BCUT2D eigenvalue weighted by atomic mass is 16.6. The van der Waals surface area contributed by atoms with Gasteiger partial charge in [0.05, 0.1) is 19.8 Å².